The summed E-state index contributed by atoms with van der Waals surface area (Å²) in [6, 6.07) is 7.18. The fraction of sp³-hybridized carbons (Fsp3) is 0.300. The molecule has 3 heteroatoms. The number of carbonyl (C=O) groups excluding carboxylic acids is 1. The largest absolute Gasteiger partial charge is 0.496 e. The molecule has 70 valence electrons. The molecule has 0 bridgehead atoms. The third-order valence-electron chi connectivity index (χ3n) is 1.74. The van der Waals surface area contributed by atoms with Gasteiger partial charge in [0.2, 0.25) is 0 Å². The van der Waals surface area contributed by atoms with Crippen molar-refractivity contribution < 1.29 is 9.53 Å². The number of carbonyl (C=O) groups is 1. The zero-order chi connectivity index (χ0) is 9.84. The molecule has 0 unspecified atom stereocenters. The van der Waals surface area contributed by atoms with E-state index in [4.69, 9.17) is 4.74 Å². The van der Waals surface area contributed by atoms with E-state index in [1.165, 1.54) is 4.90 Å². The molecule has 0 atom stereocenters. The van der Waals surface area contributed by atoms with Gasteiger partial charge in [0.15, 0.2) is 0 Å². The lowest BCUT2D eigenvalue weighted by Gasteiger charge is -2.12. The molecule has 1 amide bonds. The summed E-state index contributed by atoms with van der Waals surface area (Å²) in [5, 5.41) is 0. The minimum absolute atomic E-state index is 0.0440. The average molecular weight is 179 g/mol. The van der Waals surface area contributed by atoms with Crippen molar-refractivity contribution in [1.29, 1.82) is 0 Å². The molecule has 0 aliphatic rings. The van der Waals surface area contributed by atoms with Crippen molar-refractivity contribution in [3.8, 4) is 5.75 Å². The van der Waals surface area contributed by atoms with E-state index in [-0.39, 0.29) is 5.91 Å². The first-order chi connectivity index (χ1) is 6.16. The van der Waals surface area contributed by atoms with Crippen molar-refractivity contribution in [1.82, 2.24) is 4.90 Å². The Balaban J connectivity index is 3.06. The zero-order valence-electron chi connectivity index (χ0n) is 8.07. The van der Waals surface area contributed by atoms with Crippen LogP contribution in [0.2, 0.25) is 0 Å². The fourth-order valence-electron chi connectivity index (χ4n) is 1.06. The van der Waals surface area contributed by atoms with Crippen LogP contribution < -0.4 is 4.74 Å². The summed E-state index contributed by atoms with van der Waals surface area (Å²) < 4.78 is 5.07. The summed E-state index contributed by atoms with van der Waals surface area (Å²) in [6.07, 6.45) is 0. The molecule has 0 saturated heterocycles. The summed E-state index contributed by atoms with van der Waals surface area (Å²) in [6.45, 7) is 0. The van der Waals surface area contributed by atoms with Gasteiger partial charge in [0.25, 0.3) is 5.91 Å². The summed E-state index contributed by atoms with van der Waals surface area (Å²) in [4.78, 5) is 13.1. The quantitative estimate of drug-likeness (QED) is 0.686. The second-order valence-corrected chi connectivity index (χ2v) is 2.90. The predicted molar refractivity (Wildman–Crippen MR) is 51.0 cm³/mol. The maximum Gasteiger partial charge on any atom is 0.257 e. The summed E-state index contributed by atoms with van der Waals surface area (Å²) in [5.41, 5.74) is 0.593. The summed E-state index contributed by atoms with van der Waals surface area (Å²) in [5.74, 6) is 0.568. The molecular formula is C10H13NO2. The SMILES string of the molecule is COc1ccccc1C(=O)N(C)C. The van der Waals surface area contributed by atoms with Gasteiger partial charge in [-0.15, -0.1) is 0 Å². The van der Waals surface area contributed by atoms with E-state index in [1.54, 1.807) is 33.3 Å². The van der Waals surface area contributed by atoms with E-state index in [1.807, 2.05) is 12.1 Å². The smallest absolute Gasteiger partial charge is 0.257 e. The highest BCUT2D eigenvalue weighted by Gasteiger charge is 2.12. The molecule has 0 fully saturated rings. The van der Waals surface area contributed by atoms with Gasteiger partial charge in [0.1, 0.15) is 5.75 Å². The van der Waals surface area contributed by atoms with Crippen LogP contribution in [0.4, 0.5) is 0 Å². The Morgan fingerprint density at radius 3 is 2.46 bits per heavy atom. The lowest BCUT2D eigenvalue weighted by atomic mass is 10.2. The Morgan fingerprint density at radius 1 is 1.31 bits per heavy atom. The van der Waals surface area contributed by atoms with Gasteiger partial charge in [-0.1, -0.05) is 12.1 Å². The van der Waals surface area contributed by atoms with Gasteiger partial charge < -0.3 is 9.64 Å². The third kappa shape index (κ3) is 1.99. The van der Waals surface area contributed by atoms with E-state index in [0.29, 0.717) is 11.3 Å². The maximum absolute atomic E-state index is 11.6. The van der Waals surface area contributed by atoms with E-state index < -0.39 is 0 Å². The molecular weight excluding hydrogens is 166 g/mol. The van der Waals surface area contributed by atoms with Gasteiger partial charge >= 0.3 is 0 Å². The Kier molecular flexibility index (Phi) is 2.90. The molecule has 0 saturated carbocycles. The van der Waals surface area contributed by atoms with E-state index in [0.717, 1.165) is 0 Å². The first-order valence-corrected chi connectivity index (χ1v) is 4.01. The topological polar surface area (TPSA) is 29.5 Å². The Morgan fingerprint density at radius 2 is 1.92 bits per heavy atom. The number of nitrogens with zero attached hydrogens (tertiary/aromatic N) is 1. The molecule has 0 aliphatic carbocycles. The lowest BCUT2D eigenvalue weighted by Crippen LogP contribution is -2.22. The number of rotatable bonds is 2. The molecule has 1 aromatic rings. The van der Waals surface area contributed by atoms with E-state index >= 15 is 0 Å². The molecule has 0 aromatic heterocycles. The van der Waals surface area contributed by atoms with Crippen LogP contribution in [-0.4, -0.2) is 32.0 Å². The molecule has 13 heavy (non-hydrogen) atoms. The number of amides is 1. The fourth-order valence-corrected chi connectivity index (χ4v) is 1.06. The highest BCUT2D eigenvalue weighted by molar-refractivity contribution is 5.96. The van der Waals surface area contributed by atoms with Crippen LogP contribution in [0.25, 0.3) is 0 Å². The third-order valence-corrected chi connectivity index (χ3v) is 1.74. The summed E-state index contributed by atoms with van der Waals surface area (Å²) in [7, 11) is 4.99. The van der Waals surface area contributed by atoms with Gasteiger partial charge in [-0.2, -0.15) is 0 Å². The molecule has 0 radical (unpaired) electrons. The second-order valence-electron chi connectivity index (χ2n) is 2.90. The molecule has 0 aliphatic heterocycles. The van der Waals surface area contributed by atoms with Crippen LogP contribution in [0.1, 0.15) is 10.4 Å². The van der Waals surface area contributed by atoms with Crippen LogP contribution in [0.15, 0.2) is 24.3 Å². The van der Waals surface area contributed by atoms with Gasteiger partial charge in [-0.25, -0.2) is 0 Å². The van der Waals surface area contributed by atoms with Crippen molar-refractivity contribution in [2.45, 2.75) is 0 Å². The van der Waals surface area contributed by atoms with Crippen LogP contribution in [0.3, 0.4) is 0 Å². The first-order valence-electron chi connectivity index (χ1n) is 4.01. The molecule has 0 spiro atoms. The van der Waals surface area contributed by atoms with Crippen molar-refractivity contribution in [3.63, 3.8) is 0 Å². The number of hydrogen-bond donors (Lipinski definition) is 0. The normalized spacial score (nSPS) is 9.46. The van der Waals surface area contributed by atoms with Gasteiger partial charge in [0, 0.05) is 14.1 Å². The standard InChI is InChI=1S/C10H13NO2/c1-11(2)10(12)8-6-4-5-7-9(8)13-3/h4-7H,1-3H3. The van der Waals surface area contributed by atoms with E-state index in [9.17, 15) is 4.79 Å². The van der Waals surface area contributed by atoms with Crippen molar-refractivity contribution in [2.75, 3.05) is 21.2 Å². The number of para-hydroxylation sites is 1. The highest BCUT2D eigenvalue weighted by atomic mass is 16.5. The molecule has 0 heterocycles. The van der Waals surface area contributed by atoms with Crippen LogP contribution in [0, 0.1) is 0 Å². The second kappa shape index (κ2) is 3.94. The predicted octanol–water partition coefficient (Wildman–Crippen LogP) is 1.40. The number of benzene rings is 1. The molecule has 0 N–H and O–H groups in total. The van der Waals surface area contributed by atoms with Crippen molar-refractivity contribution in [2.24, 2.45) is 0 Å². The Bertz CT molecular complexity index is 308. The van der Waals surface area contributed by atoms with Gasteiger partial charge in [-0.05, 0) is 12.1 Å². The molecule has 1 rings (SSSR count). The number of hydrogen-bond acceptors (Lipinski definition) is 2. The van der Waals surface area contributed by atoms with Crippen molar-refractivity contribution >= 4 is 5.91 Å². The molecule has 1 aromatic carbocycles. The first kappa shape index (κ1) is 9.58. The zero-order valence-corrected chi connectivity index (χ0v) is 8.07. The van der Waals surface area contributed by atoms with Crippen LogP contribution in [0.5, 0.6) is 5.75 Å². The van der Waals surface area contributed by atoms with Crippen molar-refractivity contribution in [3.05, 3.63) is 29.8 Å². The molecule has 3 nitrogen and oxygen atoms in total. The maximum atomic E-state index is 11.6. The Labute approximate surface area is 77.9 Å². The van der Waals surface area contributed by atoms with Crippen LogP contribution in [-0.2, 0) is 0 Å². The lowest BCUT2D eigenvalue weighted by molar-refractivity contribution is 0.0824. The minimum Gasteiger partial charge on any atom is -0.496 e. The van der Waals surface area contributed by atoms with E-state index in [2.05, 4.69) is 0 Å². The average Bonchev–Trinajstić information content (AvgIpc) is 2.16. The highest BCUT2D eigenvalue weighted by Crippen LogP contribution is 2.17. The Hall–Kier alpha value is -1.51. The minimum atomic E-state index is -0.0440. The number of methoxy groups -OCH3 is 1. The summed E-state index contributed by atoms with van der Waals surface area (Å²) >= 11 is 0. The number of ether oxygens (including phenoxy) is 1. The van der Waals surface area contributed by atoms with Crippen LogP contribution >= 0.6 is 0 Å². The van der Waals surface area contributed by atoms with Gasteiger partial charge in [-0.3, -0.25) is 4.79 Å². The van der Waals surface area contributed by atoms with Gasteiger partial charge in [0.05, 0.1) is 12.7 Å². The monoisotopic (exact) mass is 179 g/mol.